The maximum Gasteiger partial charge on any atom is 0.304 e. The number of hydrogen-bond acceptors (Lipinski definition) is 5. The molecule has 0 radical (unpaired) electrons. The van der Waals surface area contributed by atoms with Crippen molar-refractivity contribution in [3.05, 3.63) is 39.7 Å². The number of rotatable bonds is 8. The quantitative estimate of drug-likeness (QED) is 0.549. The van der Waals surface area contributed by atoms with Crippen LogP contribution in [0, 0.1) is 15.9 Å². The van der Waals surface area contributed by atoms with E-state index >= 15 is 0 Å². The summed E-state index contributed by atoms with van der Waals surface area (Å²) in [5.74, 6) is -0.852. The predicted octanol–water partition coefficient (Wildman–Crippen LogP) is 1.22. The Kier molecular flexibility index (Phi) is 6.34. The van der Waals surface area contributed by atoms with Gasteiger partial charge in [0.25, 0.3) is 0 Å². The molecule has 0 fully saturated rings. The summed E-state index contributed by atoms with van der Waals surface area (Å²) in [5.41, 5.74) is 0.0645. The van der Waals surface area contributed by atoms with Gasteiger partial charge in [-0.15, -0.1) is 0 Å². The first kappa shape index (κ1) is 15.5. The third-order valence-electron chi connectivity index (χ3n) is 2.65. The van der Waals surface area contributed by atoms with Crippen LogP contribution in [0.1, 0.15) is 12.0 Å². The Balaban J connectivity index is 2.62. The molecule has 19 heavy (non-hydrogen) atoms. The standard InChI is InChI=1S/C12H17FN2O4/c1-19-8-10(4-5-16)14-7-9-2-3-12(15(17)18)11(13)6-9/h2-3,6,10,14,16H,4-5,7-8H2,1H3. The highest BCUT2D eigenvalue weighted by atomic mass is 19.1. The number of nitrogens with one attached hydrogen (secondary N) is 1. The predicted molar refractivity (Wildman–Crippen MR) is 67.3 cm³/mol. The molecule has 1 aromatic carbocycles. The first-order valence-corrected chi connectivity index (χ1v) is 5.84. The third kappa shape index (κ3) is 4.90. The van der Waals surface area contributed by atoms with Crippen LogP contribution in [0.5, 0.6) is 0 Å². The Labute approximate surface area is 110 Å². The zero-order valence-electron chi connectivity index (χ0n) is 10.6. The zero-order valence-corrected chi connectivity index (χ0v) is 10.6. The summed E-state index contributed by atoms with van der Waals surface area (Å²) < 4.78 is 18.4. The number of nitro groups is 1. The molecule has 0 heterocycles. The van der Waals surface area contributed by atoms with Gasteiger partial charge in [0.15, 0.2) is 0 Å². The van der Waals surface area contributed by atoms with Crippen LogP contribution in [0.15, 0.2) is 18.2 Å². The molecule has 1 atom stereocenters. The molecule has 0 aliphatic carbocycles. The lowest BCUT2D eigenvalue weighted by molar-refractivity contribution is -0.387. The van der Waals surface area contributed by atoms with Crippen molar-refractivity contribution in [1.29, 1.82) is 0 Å². The van der Waals surface area contributed by atoms with Gasteiger partial charge in [0.1, 0.15) is 0 Å². The molecule has 6 nitrogen and oxygen atoms in total. The minimum atomic E-state index is -0.852. The van der Waals surface area contributed by atoms with Crippen LogP contribution < -0.4 is 5.32 Å². The third-order valence-corrected chi connectivity index (χ3v) is 2.65. The van der Waals surface area contributed by atoms with Crippen LogP contribution in [0.2, 0.25) is 0 Å². The Morgan fingerprint density at radius 1 is 1.58 bits per heavy atom. The van der Waals surface area contributed by atoms with E-state index in [0.29, 0.717) is 25.1 Å². The van der Waals surface area contributed by atoms with Crippen LogP contribution >= 0.6 is 0 Å². The number of nitro benzene ring substituents is 1. The van der Waals surface area contributed by atoms with Gasteiger partial charge in [0.2, 0.25) is 5.82 Å². The zero-order chi connectivity index (χ0) is 14.3. The summed E-state index contributed by atoms with van der Waals surface area (Å²) in [6, 6.07) is 3.72. The van der Waals surface area contributed by atoms with Crippen molar-refractivity contribution >= 4 is 5.69 Å². The normalized spacial score (nSPS) is 12.4. The van der Waals surface area contributed by atoms with Crippen LogP contribution in [-0.4, -0.2) is 36.4 Å². The highest BCUT2D eigenvalue weighted by molar-refractivity contribution is 5.34. The lowest BCUT2D eigenvalue weighted by Gasteiger charge is -2.16. The van der Waals surface area contributed by atoms with Gasteiger partial charge in [0, 0.05) is 32.4 Å². The Morgan fingerprint density at radius 3 is 2.84 bits per heavy atom. The molecule has 0 spiro atoms. The number of halogens is 1. The second-order valence-corrected chi connectivity index (χ2v) is 4.09. The van der Waals surface area contributed by atoms with E-state index in [1.54, 1.807) is 7.11 Å². The maximum absolute atomic E-state index is 13.4. The van der Waals surface area contributed by atoms with Gasteiger partial charge < -0.3 is 15.2 Å². The Morgan fingerprint density at radius 2 is 2.32 bits per heavy atom. The number of methoxy groups -OCH3 is 1. The van der Waals surface area contributed by atoms with Crippen molar-refractivity contribution in [2.75, 3.05) is 20.3 Å². The number of aliphatic hydroxyl groups is 1. The van der Waals surface area contributed by atoms with E-state index in [-0.39, 0.29) is 12.6 Å². The molecule has 2 N–H and O–H groups in total. The monoisotopic (exact) mass is 272 g/mol. The van der Waals surface area contributed by atoms with Crippen molar-refractivity contribution in [1.82, 2.24) is 5.32 Å². The summed E-state index contributed by atoms with van der Waals surface area (Å²) in [6.45, 7) is 0.800. The van der Waals surface area contributed by atoms with Gasteiger partial charge in [-0.1, -0.05) is 6.07 Å². The largest absolute Gasteiger partial charge is 0.396 e. The molecular formula is C12H17FN2O4. The van der Waals surface area contributed by atoms with E-state index in [4.69, 9.17) is 9.84 Å². The van der Waals surface area contributed by atoms with Gasteiger partial charge in [0.05, 0.1) is 11.5 Å². The van der Waals surface area contributed by atoms with Gasteiger partial charge in [-0.3, -0.25) is 10.1 Å². The lowest BCUT2D eigenvalue weighted by atomic mass is 10.1. The Hall–Kier alpha value is -1.57. The molecule has 0 saturated carbocycles. The molecule has 7 heteroatoms. The topological polar surface area (TPSA) is 84.6 Å². The minimum Gasteiger partial charge on any atom is -0.396 e. The van der Waals surface area contributed by atoms with E-state index < -0.39 is 16.4 Å². The van der Waals surface area contributed by atoms with Crippen LogP contribution in [0.3, 0.4) is 0 Å². The highest BCUT2D eigenvalue weighted by Crippen LogP contribution is 2.17. The SMILES string of the molecule is COCC(CCO)NCc1ccc([N+](=O)[O-])c(F)c1. The number of nitrogens with zero attached hydrogens (tertiary/aromatic N) is 1. The van der Waals surface area contributed by atoms with Gasteiger partial charge >= 0.3 is 5.69 Å². The Bertz CT molecular complexity index is 422. The summed E-state index contributed by atoms with van der Waals surface area (Å²) in [4.78, 5) is 9.72. The molecule has 106 valence electrons. The molecule has 0 amide bonds. The van der Waals surface area contributed by atoms with Crippen LogP contribution in [0.25, 0.3) is 0 Å². The second-order valence-electron chi connectivity index (χ2n) is 4.09. The first-order chi connectivity index (χ1) is 9.08. The maximum atomic E-state index is 13.4. The highest BCUT2D eigenvalue weighted by Gasteiger charge is 2.14. The van der Waals surface area contributed by atoms with Crippen molar-refractivity contribution in [2.45, 2.75) is 19.0 Å². The fourth-order valence-corrected chi connectivity index (χ4v) is 1.67. The molecule has 1 unspecified atom stereocenters. The summed E-state index contributed by atoms with van der Waals surface area (Å²) >= 11 is 0. The number of aliphatic hydroxyl groups excluding tert-OH is 1. The molecule has 0 aliphatic rings. The van der Waals surface area contributed by atoms with Crippen molar-refractivity contribution in [3.63, 3.8) is 0 Å². The van der Waals surface area contributed by atoms with Crippen molar-refractivity contribution < 1.29 is 19.2 Å². The molecule has 0 saturated heterocycles. The molecule has 0 aromatic heterocycles. The van der Waals surface area contributed by atoms with Crippen molar-refractivity contribution in [2.24, 2.45) is 0 Å². The average molecular weight is 272 g/mol. The fraction of sp³-hybridized carbons (Fsp3) is 0.500. The molecule has 1 rings (SSSR count). The van der Waals surface area contributed by atoms with Crippen LogP contribution in [0.4, 0.5) is 10.1 Å². The second kappa shape index (κ2) is 7.78. The summed E-state index contributed by atoms with van der Waals surface area (Å²) in [6.07, 6.45) is 0.517. The molecular weight excluding hydrogens is 255 g/mol. The van der Waals surface area contributed by atoms with E-state index in [0.717, 1.165) is 12.1 Å². The molecule has 0 aliphatic heterocycles. The lowest BCUT2D eigenvalue weighted by Crippen LogP contribution is -2.33. The van der Waals surface area contributed by atoms with Gasteiger partial charge in [-0.25, -0.2) is 0 Å². The fourth-order valence-electron chi connectivity index (χ4n) is 1.67. The van der Waals surface area contributed by atoms with Gasteiger partial charge in [-0.05, 0) is 18.1 Å². The average Bonchev–Trinajstić information content (AvgIpc) is 2.36. The van der Waals surface area contributed by atoms with E-state index in [2.05, 4.69) is 5.32 Å². The minimum absolute atomic E-state index is 0.0235. The van der Waals surface area contributed by atoms with Gasteiger partial charge in [-0.2, -0.15) is 4.39 Å². The smallest absolute Gasteiger partial charge is 0.304 e. The van der Waals surface area contributed by atoms with Crippen molar-refractivity contribution in [3.8, 4) is 0 Å². The summed E-state index contributed by atoms with van der Waals surface area (Å²) in [7, 11) is 1.55. The molecule has 0 bridgehead atoms. The first-order valence-electron chi connectivity index (χ1n) is 5.84. The van der Waals surface area contributed by atoms with E-state index in [1.807, 2.05) is 0 Å². The number of hydrogen-bond donors (Lipinski definition) is 2. The van der Waals surface area contributed by atoms with Crippen LogP contribution in [-0.2, 0) is 11.3 Å². The molecule has 1 aromatic rings. The summed E-state index contributed by atoms with van der Waals surface area (Å²) in [5, 5.41) is 22.4. The number of benzene rings is 1. The van der Waals surface area contributed by atoms with E-state index in [9.17, 15) is 14.5 Å². The van der Waals surface area contributed by atoms with E-state index in [1.165, 1.54) is 6.07 Å². The number of ether oxygens (including phenoxy) is 1.